The lowest BCUT2D eigenvalue weighted by atomic mass is 10.00. The van der Waals surface area contributed by atoms with Crippen LogP contribution in [-0.2, 0) is 11.2 Å². The Kier molecular flexibility index (Phi) is 6.95. The number of aryl methyl sites for hydroxylation is 1. The van der Waals surface area contributed by atoms with Crippen LogP contribution in [0.3, 0.4) is 0 Å². The Hall–Kier alpha value is -2.40. The molecule has 4 nitrogen and oxygen atoms in total. The summed E-state index contributed by atoms with van der Waals surface area (Å²) in [6.07, 6.45) is -0.501. The van der Waals surface area contributed by atoms with Crippen molar-refractivity contribution >= 4 is 5.91 Å². The van der Waals surface area contributed by atoms with Crippen molar-refractivity contribution < 1.29 is 19.0 Å². The molecule has 0 heterocycles. The van der Waals surface area contributed by atoms with E-state index >= 15 is 0 Å². The summed E-state index contributed by atoms with van der Waals surface area (Å²) < 4.78 is 19.1. The van der Waals surface area contributed by atoms with Crippen molar-refractivity contribution in [3.8, 4) is 5.75 Å². The summed E-state index contributed by atoms with van der Waals surface area (Å²) in [5.41, 5.74) is 1.58. The fourth-order valence-corrected chi connectivity index (χ4v) is 2.44. The van der Waals surface area contributed by atoms with E-state index in [1.165, 1.54) is 6.07 Å². The molecule has 0 aliphatic heterocycles. The number of aliphatic hydroxyl groups excluding tert-OH is 1. The van der Waals surface area contributed by atoms with Crippen LogP contribution >= 0.6 is 0 Å². The molecule has 134 valence electrons. The van der Waals surface area contributed by atoms with Crippen LogP contribution in [0.4, 0.5) is 4.39 Å². The molecule has 5 heteroatoms. The number of nitrogens with one attached hydrogen (secondary N) is 1. The third-order valence-electron chi connectivity index (χ3n) is 3.88. The topological polar surface area (TPSA) is 58.6 Å². The van der Waals surface area contributed by atoms with Crippen molar-refractivity contribution in [2.45, 2.75) is 26.4 Å². The zero-order valence-corrected chi connectivity index (χ0v) is 14.5. The van der Waals surface area contributed by atoms with Gasteiger partial charge in [-0.25, -0.2) is 4.39 Å². The summed E-state index contributed by atoms with van der Waals surface area (Å²) in [5, 5.41) is 12.6. The molecule has 0 saturated carbocycles. The van der Waals surface area contributed by atoms with Gasteiger partial charge in [0.05, 0.1) is 0 Å². The molecule has 0 bridgehead atoms. The van der Waals surface area contributed by atoms with Gasteiger partial charge in [-0.1, -0.05) is 37.3 Å². The van der Waals surface area contributed by atoms with Gasteiger partial charge in [0, 0.05) is 12.5 Å². The second-order valence-corrected chi connectivity index (χ2v) is 6.22. The van der Waals surface area contributed by atoms with Gasteiger partial charge in [-0.3, -0.25) is 4.79 Å². The minimum Gasteiger partial charge on any atom is -0.491 e. The van der Waals surface area contributed by atoms with Gasteiger partial charge in [0.15, 0.2) is 0 Å². The van der Waals surface area contributed by atoms with Crippen molar-refractivity contribution in [2.24, 2.45) is 5.92 Å². The van der Waals surface area contributed by atoms with Crippen LogP contribution in [0, 0.1) is 18.7 Å². The molecule has 0 fully saturated rings. The van der Waals surface area contributed by atoms with Crippen LogP contribution in [0.2, 0.25) is 0 Å². The number of ether oxygens (including phenoxy) is 1. The molecule has 0 spiro atoms. The van der Waals surface area contributed by atoms with E-state index in [0.29, 0.717) is 17.7 Å². The predicted octanol–water partition coefficient (Wildman–Crippen LogP) is 2.87. The summed E-state index contributed by atoms with van der Waals surface area (Å²) in [7, 11) is 0. The summed E-state index contributed by atoms with van der Waals surface area (Å²) in [6.45, 7) is 3.87. The molecule has 0 aliphatic carbocycles. The van der Waals surface area contributed by atoms with E-state index in [4.69, 9.17) is 4.74 Å². The first-order chi connectivity index (χ1) is 12.0. The minimum atomic E-state index is -0.815. The largest absolute Gasteiger partial charge is 0.491 e. The van der Waals surface area contributed by atoms with E-state index in [2.05, 4.69) is 5.32 Å². The molecular formula is C20H24FNO3. The van der Waals surface area contributed by atoms with Crippen LogP contribution in [0.15, 0.2) is 48.5 Å². The third-order valence-corrected chi connectivity index (χ3v) is 3.88. The number of hydrogen-bond acceptors (Lipinski definition) is 3. The fourth-order valence-electron chi connectivity index (χ4n) is 2.44. The van der Waals surface area contributed by atoms with Crippen molar-refractivity contribution in [1.82, 2.24) is 5.32 Å². The minimum absolute atomic E-state index is 0.0887. The van der Waals surface area contributed by atoms with E-state index in [9.17, 15) is 14.3 Å². The molecule has 2 N–H and O–H groups in total. The van der Waals surface area contributed by atoms with Crippen LogP contribution in [0.25, 0.3) is 0 Å². The summed E-state index contributed by atoms with van der Waals surface area (Å²) in [6, 6.07) is 13.9. The number of amides is 1. The summed E-state index contributed by atoms with van der Waals surface area (Å²) in [5.74, 6) is -0.244. The van der Waals surface area contributed by atoms with Gasteiger partial charge in [-0.2, -0.15) is 0 Å². The van der Waals surface area contributed by atoms with E-state index in [0.717, 1.165) is 5.56 Å². The lowest BCUT2D eigenvalue weighted by Crippen LogP contribution is -2.38. The number of aliphatic hydroxyl groups is 1. The molecule has 2 aromatic rings. The third kappa shape index (κ3) is 6.19. The van der Waals surface area contributed by atoms with E-state index in [1.54, 1.807) is 25.1 Å². The van der Waals surface area contributed by atoms with Gasteiger partial charge in [0.2, 0.25) is 5.91 Å². The quantitative estimate of drug-likeness (QED) is 0.773. The highest BCUT2D eigenvalue weighted by molar-refractivity contribution is 5.78. The molecule has 0 aliphatic rings. The SMILES string of the molecule is Cc1cccc(OCC(O)CNC(=O)C(C)Cc2ccccc2F)c1. The molecule has 2 atom stereocenters. The highest BCUT2D eigenvalue weighted by Gasteiger charge is 2.16. The molecule has 0 radical (unpaired) electrons. The van der Waals surface area contributed by atoms with Crippen LogP contribution in [0.5, 0.6) is 5.75 Å². The van der Waals surface area contributed by atoms with Gasteiger partial charge in [0.1, 0.15) is 24.3 Å². The lowest BCUT2D eigenvalue weighted by Gasteiger charge is -2.16. The molecule has 2 rings (SSSR count). The first-order valence-corrected chi connectivity index (χ1v) is 8.34. The maximum Gasteiger partial charge on any atom is 0.223 e. The highest BCUT2D eigenvalue weighted by atomic mass is 19.1. The Bertz CT molecular complexity index is 705. The van der Waals surface area contributed by atoms with Gasteiger partial charge < -0.3 is 15.2 Å². The maximum absolute atomic E-state index is 13.6. The molecule has 0 saturated heterocycles. The van der Waals surface area contributed by atoms with Crippen LogP contribution in [-0.4, -0.2) is 30.3 Å². The average Bonchev–Trinajstić information content (AvgIpc) is 2.59. The number of carbonyl (C=O) groups is 1. The monoisotopic (exact) mass is 345 g/mol. The Morgan fingerprint density at radius 3 is 2.72 bits per heavy atom. The molecule has 0 aromatic heterocycles. The Morgan fingerprint density at radius 2 is 2.00 bits per heavy atom. The van der Waals surface area contributed by atoms with Crippen molar-refractivity contribution in [2.75, 3.05) is 13.2 Å². The van der Waals surface area contributed by atoms with Gasteiger partial charge in [0.25, 0.3) is 0 Å². The lowest BCUT2D eigenvalue weighted by molar-refractivity contribution is -0.125. The molecule has 2 unspecified atom stereocenters. The van der Waals surface area contributed by atoms with Crippen LogP contribution in [0.1, 0.15) is 18.1 Å². The second kappa shape index (κ2) is 9.18. The Balaban J connectivity index is 1.74. The Labute approximate surface area is 147 Å². The molecule has 1 amide bonds. The zero-order chi connectivity index (χ0) is 18.2. The molecule has 2 aromatic carbocycles. The summed E-state index contributed by atoms with van der Waals surface area (Å²) >= 11 is 0. The van der Waals surface area contributed by atoms with Crippen molar-refractivity contribution in [3.05, 3.63) is 65.5 Å². The number of hydrogen-bond donors (Lipinski definition) is 2. The average molecular weight is 345 g/mol. The number of halogens is 1. The fraction of sp³-hybridized carbons (Fsp3) is 0.350. The smallest absolute Gasteiger partial charge is 0.223 e. The molecular weight excluding hydrogens is 321 g/mol. The van der Waals surface area contributed by atoms with Gasteiger partial charge >= 0.3 is 0 Å². The molecule has 25 heavy (non-hydrogen) atoms. The number of carbonyl (C=O) groups excluding carboxylic acids is 1. The standard InChI is InChI=1S/C20H24FNO3/c1-14-6-5-8-18(10-14)25-13-17(23)12-22-20(24)15(2)11-16-7-3-4-9-19(16)21/h3-10,15,17,23H,11-13H2,1-2H3,(H,22,24). The predicted molar refractivity (Wildman–Crippen MR) is 95.0 cm³/mol. The van der Waals surface area contributed by atoms with Crippen LogP contribution < -0.4 is 10.1 Å². The summed E-state index contributed by atoms with van der Waals surface area (Å²) in [4.78, 5) is 12.1. The van der Waals surface area contributed by atoms with E-state index < -0.39 is 6.10 Å². The number of benzene rings is 2. The first kappa shape index (κ1) is 18.9. The van der Waals surface area contributed by atoms with Gasteiger partial charge in [-0.15, -0.1) is 0 Å². The van der Waals surface area contributed by atoms with E-state index in [1.807, 2.05) is 31.2 Å². The Morgan fingerprint density at radius 1 is 1.24 bits per heavy atom. The zero-order valence-electron chi connectivity index (χ0n) is 14.5. The number of rotatable bonds is 8. The second-order valence-electron chi connectivity index (χ2n) is 6.22. The van der Waals surface area contributed by atoms with Crippen molar-refractivity contribution in [1.29, 1.82) is 0 Å². The van der Waals surface area contributed by atoms with Gasteiger partial charge in [-0.05, 0) is 42.7 Å². The highest BCUT2D eigenvalue weighted by Crippen LogP contribution is 2.13. The normalized spacial score (nSPS) is 13.1. The first-order valence-electron chi connectivity index (χ1n) is 8.34. The maximum atomic E-state index is 13.6. The van der Waals surface area contributed by atoms with Crippen molar-refractivity contribution in [3.63, 3.8) is 0 Å². The van der Waals surface area contributed by atoms with E-state index in [-0.39, 0.29) is 30.8 Å².